The number of hydrogen-bond donors (Lipinski definition) is 1. The Balaban J connectivity index is 3.50. The molecule has 90 valence electrons. The molecule has 1 amide bonds. The molecule has 0 rings (SSSR count). The first-order valence-electron chi connectivity index (χ1n) is 4.82. The summed E-state index contributed by atoms with van der Waals surface area (Å²) < 4.78 is 35.2. The van der Waals surface area contributed by atoms with Crippen molar-refractivity contribution < 1.29 is 18.0 Å². The molecule has 0 saturated carbocycles. The molecule has 1 unspecified atom stereocenters. The Morgan fingerprint density at radius 3 is 2.53 bits per heavy atom. The summed E-state index contributed by atoms with van der Waals surface area (Å²) in [5, 5.41) is 2.36. The van der Waals surface area contributed by atoms with Gasteiger partial charge in [-0.15, -0.1) is 11.6 Å². The number of carbonyl (C=O) groups excluding carboxylic acids is 1. The molecule has 0 aliphatic carbocycles. The minimum atomic E-state index is -4.27. The Labute approximate surface area is 92.2 Å². The van der Waals surface area contributed by atoms with E-state index in [9.17, 15) is 18.0 Å². The van der Waals surface area contributed by atoms with Crippen molar-refractivity contribution in [2.45, 2.75) is 44.2 Å². The van der Waals surface area contributed by atoms with Crippen LogP contribution in [0.25, 0.3) is 0 Å². The van der Waals surface area contributed by atoms with Crippen molar-refractivity contribution in [2.24, 2.45) is 0 Å². The molecule has 0 spiro atoms. The topological polar surface area (TPSA) is 29.1 Å². The summed E-state index contributed by atoms with van der Waals surface area (Å²) in [5.41, 5.74) is 0. The molecule has 0 aliphatic heterocycles. The third kappa shape index (κ3) is 9.85. The van der Waals surface area contributed by atoms with Crippen LogP contribution in [0.4, 0.5) is 13.2 Å². The molecule has 1 atom stereocenters. The van der Waals surface area contributed by atoms with Gasteiger partial charge in [-0.05, 0) is 12.8 Å². The maximum Gasteiger partial charge on any atom is 0.389 e. The molecule has 2 nitrogen and oxygen atoms in total. The van der Waals surface area contributed by atoms with Crippen molar-refractivity contribution in [3.8, 4) is 0 Å². The van der Waals surface area contributed by atoms with E-state index in [-0.39, 0.29) is 5.38 Å². The van der Waals surface area contributed by atoms with Gasteiger partial charge >= 0.3 is 6.18 Å². The van der Waals surface area contributed by atoms with Crippen molar-refractivity contribution in [3.63, 3.8) is 0 Å². The van der Waals surface area contributed by atoms with Gasteiger partial charge in [0, 0.05) is 18.3 Å². The molecule has 15 heavy (non-hydrogen) atoms. The van der Waals surface area contributed by atoms with Crippen LogP contribution in [-0.2, 0) is 4.79 Å². The summed E-state index contributed by atoms with van der Waals surface area (Å²) in [4.78, 5) is 10.9. The Bertz CT molecular complexity index is 196. The summed E-state index contributed by atoms with van der Waals surface area (Å²) in [6.07, 6.45) is -4.49. The highest BCUT2D eigenvalue weighted by atomic mass is 35.5. The molecule has 0 heterocycles. The Morgan fingerprint density at radius 1 is 1.47 bits per heavy atom. The fourth-order valence-corrected chi connectivity index (χ4v) is 1.03. The second kappa shape index (κ2) is 6.93. The van der Waals surface area contributed by atoms with Gasteiger partial charge in [-0.25, -0.2) is 0 Å². The van der Waals surface area contributed by atoms with E-state index in [1.54, 1.807) is 0 Å². The second-order valence-corrected chi connectivity index (χ2v) is 3.88. The molecule has 0 aromatic rings. The maximum atomic E-state index is 11.7. The van der Waals surface area contributed by atoms with Gasteiger partial charge in [0.1, 0.15) is 0 Å². The zero-order valence-corrected chi connectivity index (χ0v) is 9.29. The summed E-state index contributed by atoms with van der Waals surface area (Å²) in [7, 11) is 0. The first-order valence-corrected chi connectivity index (χ1v) is 5.26. The third-order valence-electron chi connectivity index (χ3n) is 1.86. The van der Waals surface area contributed by atoms with Crippen LogP contribution in [0.3, 0.4) is 0 Å². The summed E-state index contributed by atoms with van der Waals surface area (Å²) in [6, 6.07) is 0. The van der Waals surface area contributed by atoms with Crippen molar-refractivity contribution in [2.75, 3.05) is 6.54 Å². The molecule has 0 radical (unpaired) electrons. The molecule has 0 aromatic heterocycles. The summed E-state index contributed by atoms with van der Waals surface area (Å²) in [6.45, 7) is 2.24. The molecule has 0 fully saturated rings. The average Bonchev–Trinajstić information content (AvgIpc) is 2.13. The van der Waals surface area contributed by atoms with E-state index in [1.165, 1.54) is 0 Å². The van der Waals surface area contributed by atoms with E-state index in [2.05, 4.69) is 5.32 Å². The van der Waals surface area contributed by atoms with Crippen molar-refractivity contribution in [1.29, 1.82) is 0 Å². The lowest BCUT2D eigenvalue weighted by atomic mass is 10.2. The minimum Gasteiger partial charge on any atom is -0.356 e. The summed E-state index contributed by atoms with van der Waals surface area (Å²) >= 11 is 5.77. The van der Waals surface area contributed by atoms with Crippen LogP contribution in [0.2, 0.25) is 0 Å². The van der Waals surface area contributed by atoms with Crippen molar-refractivity contribution in [3.05, 3.63) is 0 Å². The monoisotopic (exact) mass is 245 g/mol. The quantitative estimate of drug-likeness (QED) is 0.717. The highest BCUT2D eigenvalue weighted by Crippen LogP contribution is 2.20. The molecule has 0 aliphatic rings. The lowest BCUT2D eigenvalue weighted by Gasteiger charge is -2.09. The number of nitrogens with one attached hydrogen (secondary N) is 1. The first kappa shape index (κ1) is 14.6. The predicted molar refractivity (Wildman–Crippen MR) is 52.8 cm³/mol. The van der Waals surface area contributed by atoms with Crippen LogP contribution in [0, 0.1) is 0 Å². The standard InChI is InChI=1S/C9H15ClF3NO/c1-2-7(10)4-6-14-8(15)3-5-9(11,12)13/h7H,2-6H2,1H3,(H,14,15). The van der Waals surface area contributed by atoms with Gasteiger partial charge in [-0.3, -0.25) is 4.79 Å². The van der Waals surface area contributed by atoms with Crippen LogP contribution >= 0.6 is 11.6 Å². The van der Waals surface area contributed by atoms with Gasteiger partial charge in [0.15, 0.2) is 0 Å². The van der Waals surface area contributed by atoms with E-state index >= 15 is 0 Å². The van der Waals surface area contributed by atoms with Gasteiger partial charge in [0.2, 0.25) is 5.91 Å². The molecule has 1 N–H and O–H groups in total. The minimum absolute atomic E-state index is 0.0343. The Morgan fingerprint density at radius 2 is 2.07 bits per heavy atom. The van der Waals surface area contributed by atoms with E-state index in [4.69, 9.17) is 11.6 Å². The smallest absolute Gasteiger partial charge is 0.356 e. The van der Waals surface area contributed by atoms with Crippen LogP contribution in [-0.4, -0.2) is 24.0 Å². The van der Waals surface area contributed by atoms with E-state index in [0.29, 0.717) is 13.0 Å². The summed E-state index contributed by atoms with van der Waals surface area (Å²) in [5.74, 6) is -0.577. The number of hydrogen-bond acceptors (Lipinski definition) is 1. The Kier molecular flexibility index (Phi) is 6.72. The number of alkyl halides is 4. The van der Waals surface area contributed by atoms with Gasteiger partial charge in [0.25, 0.3) is 0 Å². The number of carbonyl (C=O) groups is 1. The third-order valence-corrected chi connectivity index (χ3v) is 2.39. The lowest BCUT2D eigenvalue weighted by molar-refractivity contribution is -0.144. The number of halogens is 4. The first-order chi connectivity index (χ1) is 6.85. The largest absolute Gasteiger partial charge is 0.389 e. The zero-order chi connectivity index (χ0) is 11.9. The van der Waals surface area contributed by atoms with Gasteiger partial charge in [0.05, 0.1) is 6.42 Å². The van der Waals surface area contributed by atoms with E-state index in [0.717, 1.165) is 6.42 Å². The second-order valence-electron chi connectivity index (χ2n) is 3.26. The lowest BCUT2D eigenvalue weighted by Crippen LogP contribution is -2.27. The fourth-order valence-electron chi connectivity index (χ4n) is 0.916. The van der Waals surface area contributed by atoms with Crippen molar-refractivity contribution >= 4 is 17.5 Å². The molecular formula is C9H15ClF3NO. The van der Waals surface area contributed by atoms with Crippen LogP contribution in [0.1, 0.15) is 32.6 Å². The van der Waals surface area contributed by atoms with Gasteiger partial charge in [-0.2, -0.15) is 13.2 Å². The van der Waals surface area contributed by atoms with Gasteiger partial charge < -0.3 is 5.32 Å². The Hall–Kier alpha value is -0.450. The number of rotatable bonds is 6. The van der Waals surface area contributed by atoms with E-state index < -0.39 is 24.9 Å². The van der Waals surface area contributed by atoms with Crippen LogP contribution in [0.5, 0.6) is 0 Å². The van der Waals surface area contributed by atoms with Crippen LogP contribution < -0.4 is 5.32 Å². The highest BCUT2D eigenvalue weighted by Gasteiger charge is 2.27. The van der Waals surface area contributed by atoms with Crippen LogP contribution in [0.15, 0.2) is 0 Å². The highest BCUT2D eigenvalue weighted by molar-refractivity contribution is 6.20. The molecule has 0 bridgehead atoms. The maximum absolute atomic E-state index is 11.7. The van der Waals surface area contributed by atoms with Gasteiger partial charge in [-0.1, -0.05) is 6.92 Å². The fraction of sp³-hybridized carbons (Fsp3) is 0.889. The zero-order valence-electron chi connectivity index (χ0n) is 8.53. The number of amides is 1. The molecule has 0 aromatic carbocycles. The normalized spacial score (nSPS) is 13.7. The molecular weight excluding hydrogens is 231 g/mol. The van der Waals surface area contributed by atoms with Crippen molar-refractivity contribution in [1.82, 2.24) is 5.32 Å². The molecule has 0 saturated heterocycles. The average molecular weight is 246 g/mol. The van der Waals surface area contributed by atoms with E-state index in [1.807, 2.05) is 6.92 Å². The molecule has 6 heteroatoms. The SMILES string of the molecule is CCC(Cl)CCNC(=O)CCC(F)(F)F. The predicted octanol–water partition coefficient (Wildman–Crippen LogP) is 2.85.